The third kappa shape index (κ3) is 2.10. The molecule has 1 heterocycles. The van der Waals surface area contributed by atoms with Crippen LogP contribution in [0.3, 0.4) is 0 Å². The van der Waals surface area contributed by atoms with Crippen molar-refractivity contribution in [2.45, 2.75) is 6.92 Å². The van der Waals surface area contributed by atoms with Crippen molar-refractivity contribution < 1.29 is 0 Å². The molecule has 23 heavy (non-hydrogen) atoms. The number of rotatable bonds is 1. The molecule has 0 fully saturated rings. The number of aromatic nitrogens is 2. The van der Waals surface area contributed by atoms with Crippen LogP contribution in [-0.4, -0.2) is 9.78 Å². The van der Waals surface area contributed by atoms with Gasteiger partial charge in [-0.1, -0.05) is 18.2 Å². The van der Waals surface area contributed by atoms with Gasteiger partial charge in [0.2, 0.25) is 0 Å². The minimum Gasteiger partial charge on any atom is -0.398 e. The van der Waals surface area contributed by atoms with Gasteiger partial charge in [-0.25, -0.2) is 4.68 Å². The number of hydrogen-bond acceptors (Lipinski definition) is 5. The van der Waals surface area contributed by atoms with Gasteiger partial charge in [0.05, 0.1) is 22.5 Å². The first kappa shape index (κ1) is 14.3. The van der Waals surface area contributed by atoms with Crippen LogP contribution in [0.15, 0.2) is 36.4 Å². The average molecular weight is 300 g/mol. The van der Waals surface area contributed by atoms with Crippen LogP contribution in [0, 0.1) is 35.0 Å². The molecule has 0 unspecified atom stereocenters. The molecule has 2 aromatic carbocycles. The summed E-state index contributed by atoms with van der Waals surface area (Å²) in [6, 6.07) is 14.8. The minimum atomic E-state index is -0.0188. The summed E-state index contributed by atoms with van der Waals surface area (Å²) in [6.45, 7) is 1.74. The molecule has 0 radical (unpaired) electrons. The molecular weight excluding hydrogens is 288 g/mol. The monoisotopic (exact) mass is 300 g/mol. The smallest absolute Gasteiger partial charge is 0.165 e. The molecule has 0 spiro atoms. The van der Waals surface area contributed by atoms with Crippen LogP contribution in [0.4, 0.5) is 5.69 Å². The highest BCUT2D eigenvalue weighted by Crippen LogP contribution is 2.26. The van der Waals surface area contributed by atoms with E-state index in [0.29, 0.717) is 27.7 Å². The van der Waals surface area contributed by atoms with Crippen LogP contribution in [0.2, 0.25) is 0 Å². The van der Waals surface area contributed by atoms with Crippen molar-refractivity contribution in [2.75, 3.05) is 5.73 Å². The summed E-state index contributed by atoms with van der Waals surface area (Å²) < 4.78 is 1.39. The van der Waals surface area contributed by atoms with Crippen LogP contribution < -0.4 is 11.2 Å². The summed E-state index contributed by atoms with van der Waals surface area (Å²) in [5.41, 5.74) is 8.44. The van der Waals surface area contributed by atoms with E-state index in [9.17, 15) is 10.5 Å². The van der Waals surface area contributed by atoms with Gasteiger partial charge in [0.25, 0.3) is 0 Å². The van der Waals surface area contributed by atoms with Gasteiger partial charge in [-0.15, -0.1) is 0 Å². The first-order valence-electron chi connectivity index (χ1n) is 6.84. The highest BCUT2D eigenvalue weighted by Gasteiger charge is 2.16. The number of benzene rings is 2. The minimum absolute atomic E-state index is 0.0188. The number of nitriles is 2. The molecule has 1 aromatic heterocycles. The Morgan fingerprint density at radius 2 is 1.78 bits per heavy atom. The fourth-order valence-electron chi connectivity index (χ4n) is 2.55. The molecule has 0 atom stereocenters. The van der Waals surface area contributed by atoms with Crippen LogP contribution in [0.1, 0.15) is 16.7 Å². The topological polar surface area (TPSA) is 115 Å². The molecule has 0 amide bonds. The second kappa shape index (κ2) is 5.28. The normalized spacial score (nSPS) is 10.2. The lowest BCUT2D eigenvalue weighted by Gasteiger charge is -2.12. The van der Waals surface area contributed by atoms with Crippen molar-refractivity contribution >= 4 is 16.6 Å². The third-order valence-corrected chi connectivity index (χ3v) is 3.72. The molecule has 0 saturated carbocycles. The lowest BCUT2D eigenvalue weighted by molar-refractivity contribution is 0.790. The molecule has 0 bridgehead atoms. The van der Waals surface area contributed by atoms with E-state index in [1.54, 1.807) is 25.1 Å². The van der Waals surface area contributed by atoms with Gasteiger partial charge in [-0.3, -0.25) is 5.41 Å². The quantitative estimate of drug-likeness (QED) is 0.670. The maximum absolute atomic E-state index is 9.48. The van der Waals surface area contributed by atoms with E-state index in [1.807, 2.05) is 18.2 Å². The summed E-state index contributed by atoms with van der Waals surface area (Å²) in [6.07, 6.45) is 0. The number of para-hydroxylation sites is 1. The fraction of sp³-hybridized carbons (Fsp3) is 0.0588. The van der Waals surface area contributed by atoms with Gasteiger partial charge < -0.3 is 5.73 Å². The van der Waals surface area contributed by atoms with Crippen LogP contribution >= 0.6 is 0 Å². The van der Waals surface area contributed by atoms with E-state index in [4.69, 9.17) is 11.1 Å². The van der Waals surface area contributed by atoms with Crippen molar-refractivity contribution in [3.8, 4) is 17.8 Å². The number of nitrogens with two attached hydrogens (primary N) is 1. The second-order valence-corrected chi connectivity index (χ2v) is 5.06. The zero-order valence-electron chi connectivity index (χ0n) is 12.3. The maximum atomic E-state index is 9.48. The van der Waals surface area contributed by atoms with E-state index in [0.717, 1.165) is 0 Å². The first-order valence-corrected chi connectivity index (χ1v) is 6.84. The largest absolute Gasteiger partial charge is 0.398 e. The van der Waals surface area contributed by atoms with Gasteiger partial charge in [0, 0.05) is 5.39 Å². The highest BCUT2D eigenvalue weighted by atomic mass is 15.3. The number of nitrogen functional groups attached to an aromatic ring is 1. The maximum Gasteiger partial charge on any atom is 0.165 e. The van der Waals surface area contributed by atoms with Crippen molar-refractivity contribution in [3.63, 3.8) is 0 Å². The van der Waals surface area contributed by atoms with Crippen LogP contribution in [-0.2, 0) is 0 Å². The predicted molar refractivity (Wildman–Crippen MR) is 85.5 cm³/mol. The zero-order chi connectivity index (χ0) is 16.6. The Bertz CT molecular complexity index is 1060. The predicted octanol–water partition coefficient (Wildman–Crippen LogP) is 2.14. The Kier molecular flexibility index (Phi) is 3.29. The first-order chi connectivity index (χ1) is 11.1. The summed E-state index contributed by atoms with van der Waals surface area (Å²) >= 11 is 0. The SMILES string of the molecule is Cc1c(C#N)c(N)cc2c(C#N)c(=N)n(-c3ccccc3)nc12. The molecule has 110 valence electrons. The number of hydrogen-bond donors (Lipinski definition) is 2. The lowest BCUT2D eigenvalue weighted by Crippen LogP contribution is -2.24. The Labute approximate surface area is 132 Å². The van der Waals surface area contributed by atoms with E-state index in [-0.39, 0.29) is 16.7 Å². The Hall–Kier alpha value is -3.64. The van der Waals surface area contributed by atoms with Crippen LogP contribution in [0.25, 0.3) is 16.6 Å². The number of nitrogens with one attached hydrogen (secondary N) is 1. The van der Waals surface area contributed by atoms with E-state index in [1.165, 1.54) is 4.68 Å². The molecule has 0 aliphatic carbocycles. The number of fused-ring (bicyclic) bond motifs is 1. The highest BCUT2D eigenvalue weighted by molar-refractivity contribution is 5.92. The Morgan fingerprint density at radius 3 is 2.39 bits per heavy atom. The molecule has 6 nitrogen and oxygen atoms in total. The van der Waals surface area contributed by atoms with Gasteiger partial charge in [-0.2, -0.15) is 15.6 Å². The average Bonchev–Trinajstić information content (AvgIpc) is 2.56. The lowest BCUT2D eigenvalue weighted by atomic mass is 10.0. The molecule has 3 N–H and O–H groups in total. The molecule has 0 aliphatic heterocycles. The summed E-state index contributed by atoms with van der Waals surface area (Å²) in [4.78, 5) is 0. The van der Waals surface area contributed by atoms with Gasteiger partial charge in [-0.05, 0) is 30.7 Å². The van der Waals surface area contributed by atoms with Gasteiger partial charge in [0.15, 0.2) is 5.49 Å². The Morgan fingerprint density at radius 1 is 1.13 bits per heavy atom. The molecule has 0 aliphatic rings. The summed E-state index contributed by atoms with van der Waals surface area (Å²) in [5.74, 6) is 0. The fourth-order valence-corrected chi connectivity index (χ4v) is 2.55. The zero-order valence-corrected chi connectivity index (χ0v) is 12.3. The molecule has 0 saturated heterocycles. The van der Waals surface area contributed by atoms with Crippen molar-refractivity contribution in [2.24, 2.45) is 0 Å². The Balaban J connectivity index is 2.52. The molecule has 6 heteroatoms. The van der Waals surface area contributed by atoms with Crippen LogP contribution in [0.5, 0.6) is 0 Å². The van der Waals surface area contributed by atoms with E-state index in [2.05, 4.69) is 17.2 Å². The number of aryl methyl sites for hydroxylation is 1. The second-order valence-electron chi connectivity index (χ2n) is 5.06. The standard InChI is InChI=1S/C17H12N6/c1-10-13(8-18)15(20)7-12-14(9-19)17(21)23(22-16(10)12)11-5-3-2-4-6-11/h2-7,21H,20H2,1H3. The van der Waals surface area contributed by atoms with Gasteiger partial charge in [0.1, 0.15) is 17.7 Å². The molecular formula is C17H12N6. The number of anilines is 1. The van der Waals surface area contributed by atoms with E-state index >= 15 is 0 Å². The van der Waals surface area contributed by atoms with E-state index < -0.39 is 0 Å². The number of nitrogens with zero attached hydrogens (tertiary/aromatic N) is 4. The molecule has 3 rings (SSSR count). The molecule has 3 aromatic rings. The van der Waals surface area contributed by atoms with Crippen molar-refractivity contribution in [3.05, 3.63) is 58.6 Å². The third-order valence-electron chi connectivity index (χ3n) is 3.72. The van der Waals surface area contributed by atoms with Gasteiger partial charge >= 0.3 is 0 Å². The van der Waals surface area contributed by atoms with Crippen molar-refractivity contribution in [1.29, 1.82) is 15.9 Å². The summed E-state index contributed by atoms with van der Waals surface area (Å²) in [7, 11) is 0. The summed E-state index contributed by atoms with van der Waals surface area (Å²) in [5, 5.41) is 32.0. The van der Waals surface area contributed by atoms with Crippen molar-refractivity contribution in [1.82, 2.24) is 9.78 Å².